The zero-order valence-corrected chi connectivity index (χ0v) is 44.4. The van der Waals surface area contributed by atoms with Crippen LogP contribution in [0, 0.1) is 0 Å². The summed E-state index contributed by atoms with van der Waals surface area (Å²) in [5.41, 5.74) is 31.6. The number of fused-ring (bicyclic) bond motifs is 16. The Bertz CT molecular complexity index is 3480. The molecule has 0 radical (unpaired) electrons. The van der Waals surface area contributed by atoms with Gasteiger partial charge in [0.05, 0.1) is 5.69 Å². The summed E-state index contributed by atoms with van der Waals surface area (Å²) < 4.78 is 0. The minimum atomic E-state index is -0.249. The van der Waals surface area contributed by atoms with Crippen molar-refractivity contribution in [3.8, 4) is 44.5 Å². The highest BCUT2D eigenvalue weighted by Gasteiger charge is 2.64. The number of para-hydroxylation sites is 1. The highest BCUT2D eigenvalue weighted by molar-refractivity contribution is 6.93. The Hall–Kier alpha value is -5.80. The first kappa shape index (κ1) is 43.9. The maximum absolute atomic E-state index is 3.11. The van der Waals surface area contributed by atoms with Crippen molar-refractivity contribution >= 4 is 40.5 Å². The van der Waals surface area contributed by atoms with Crippen LogP contribution in [0.1, 0.15) is 172 Å². The summed E-state index contributed by atoms with van der Waals surface area (Å²) in [7, 11) is 0. The van der Waals surface area contributed by atoms with Crippen LogP contribution >= 0.6 is 0 Å². The molecule has 356 valence electrons. The Morgan fingerprint density at radius 2 is 1.14 bits per heavy atom. The van der Waals surface area contributed by atoms with Crippen molar-refractivity contribution in [1.29, 1.82) is 0 Å². The molecule has 0 amide bonds. The predicted octanol–water partition coefficient (Wildman–Crippen LogP) is 16.6. The van der Waals surface area contributed by atoms with E-state index in [1.165, 1.54) is 157 Å². The van der Waals surface area contributed by atoms with Gasteiger partial charge < -0.3 is 9.71 Å². The summed E-state index contributed by atoms with van der Waals surface area (Å²) in [6.07, 6.45) is 10.9. The van der Waals surface area contributed by atoms with Crippen LogP contribution in [0.15, 0.2) is 121 Å². The molecule has 2 nitrogen and oxygen atoms in total. The highest BCUT2D eigenvalue weighted by Crippen LogP contribution is 2.66. The summed E-state index contributed by atoms with van der Waals surface area (Å²) >= 11 is 0. The van der Waals surface area contributed by atoms with E-state index in [9.17, 15) is 0 Å². The van der Waals surface area contributed by atoms with E-state index in [1.807, 2.05) is 0 Å². The molecule has 0 saturated heterocycles. The molecular weight excluding hydrogens is 856 g/mol. The lowest BCUT2D eigenvalue weighted by Gasteiger charge is -2.56. The van der Waals surface area contributed by atoms with E-state index < -0.39 is 0 Å². The van der Waals surface area contributed by atoms with Crippen LogP contribution in [-0.4, -0.2) is 12.4 Å². The number of aryl methyl sites for hydroxylation is 1. The maximum atomic E-state index is 3.11. The molecule has 3 heteroatoms. The second-order valence-corrected chi connectivity index (χ2v) is 26.0. The number of hydrogen-bond donors (Lipinski definition) is 0. The fraction of sp³-hybridized carbons (Fsp3) is 0.382. The van der Waals surface area contributed by atoms with Crippen molar-refractivity contribution in [1.82, 2.24) is 0 Å². The molecule has 3 aliphatic heterocycles. The Labute approximate surface area is 425 Å². The Kier molecular flexibility index (Phi) is 8.82. The molecule has 2 atom stereocenters. The second-order valence-electron chi connectivity index (χ2n) is 26.0. The minimum absolute atomic E-state index is 0.0121. The third-order valence-electron chi connectivity index (χ3n) is 20.6. The molecule has 7 aromatic rings. The molecule has 2 unspecified atom stereocenters. The van der Waals surface area contributed by atoms with E-state index in [0.29, 0.717) is 0 Å². The molecule has 3 heterocycles. The van der Waals surface area contributed by atoms with Crippen molar-refractivity contribution in [3.05, 3.63) is 166 Å². The molecule has 14 rings (SSSR count). The molecule has 1 fully saturated rings. The van der Waals surface area contributed by atoms with Gasteiger partial charge in [-0.2, -0.15) is 0 Å². The summed E-state index contributed by atoms with van der Waals surface area (Å²) in [6.45, 7) is 28.0. The molecule has 7 aromatic carbocycles. The van der Waals surface area contributed by atoms with Gasteiger partial charge in [-0.15, -0.1) is 0 Å². The van der Waals surface area contributed by atoms with E-state index in [4.69, 9.17) is 0 Å². The number of hydrogen-bond acceptors (Lipinski definition) is 2. The number of benzene rings is 7. The van der Waals surface area contributed by atoms with Crippen LogP contribution in [-0.2, 0) is 33.5 Å². The molecule has 1 saturated carbocycles. The third-order valence-corrected chi connectivity index (χ3v) is 20.6. The molecule has 4 aliphatic carbocycles. The van der Waals surface area contributed by atoms with Crippen molar-refractivity contribution < 1.29 is 0 Å². The van der Waals surface area contributed by atoms with Crippen LogP contribution in [0.2, 0.25) is 0 Å². The maximum Gasteiger partial charge on any atom is 0.329 e. The van der Waals surface area contributed by atoms with Gasteiger partial charge in [-0.05, 0) is 175 Å². The quantitative estimate of drug-likeness (QED) is 0.159. The SMILES string of the molecule is CCCCc1cc2c3c(c1)C1(C)CCCCC1(C)N3B1c3c-2cc2c(c3N(c3ccccc3-c3ccccc3)c3ccc4c(c31)C(C)(C)c1cc3c(cc1-4)C(C)(C)CCC3(C)C)C(C)(C)c1ccccc1-2. The summed E-state index contributed by atoms with van der Waals surface area (Å²) in [5.74, 6) is 0. The predicted molar refractivity (Wildman–Crippen MR) is 303 cm³/mol. The van der Waals surface area contributed by atoms with Gasteiger partial charge in [-0.3, -0.25) is 0 Å². The van der Waals surface area contributed by atoms with Gasteiger partial charge in [0.15, 0.2) is 0 Å². The van der Waals surface area contributed by atoms with Crippen LogP contribution in [0.25, 0.3) is 44.5 Å². The van der Waals surface area contributed by atoms with E-state index in [1.54, 1.807) is 16.7 Å². The van der Waals surface area contributed by atoms with Gasteiger partial charge in [-0.1, -0.05) is 179 Å². The largest absolute Gasteiger partial charge is 0.400 e. The fourth-order valence-corrected chi connectivity index (χ4v) is 16.5. The van der Waals surface area contributed by atoms with Crippen molar-refractivity contribution in [2.45, 2.75) is 167 Å². The zero-order chi connectivity index (χ0) is 48.9. The molecule has 0 aromatic heterocycles. The van der Waals surface area contributed by atoms with Gasteiger partial charge in [0.2, 0.25) is 0 Å². The monoisotopic (exact) mass is 927 g/mol. The minimum Gasteiger partial charge on any atom is -0.400 e. The standard InChI is InChI=1S/C68H71BN2/c1-12-13-23-41-36-49-48-38-47-44-27-17-19-28-50(44)65(6,7)58(47)62-59(48)69(71-61(49)54(37-41)67(10)32-21-22-33-68(67,71)11)60-56(70(62)55-29-20-18-26-43(55)42-24-15-14-16-25-42)31-30-45-46-39-52-53(40-51(46)66(8,9)57(45)60)64(4,5)35-34-63(52,2)3/h14-20,24-31,36-40H,12-13,21-23,32-35H2,1-11H3. The molecule has 7 aliphatic rings. The number of rotatable bonds is 5. The first-order valence-corrected chi connectivity index (χ1v) is 27.5. The molecule has 0 N–H and O–H groups in total. The van der Waals surface area contributed by atoms with Crippen LogP contribution in [0.5, 0.6) is 0 Å². The first-order valence-electron chi connectivity index (χ1n) is 27.5. The average molecular weight is 927 g/mol. The topological polar surface area (TPSA) is 6.48 Å². The van der Waals surface area contributed by atoms with E-state index in [0.717, 1.165) is 6.42 Å². The normalized spacial score (nSPS) is 23.2. The van der Waals surface area contributed by atoms with E-state index >= 15 is 0 Å². The Morgan fingerprint density at radius 1 is 0.465 bits per heavy atom. The highest BCUT2D eigenvalue weighted by atomic mass is 15.2. The summed E-state index contributed by atoms with van der Waals surface area (Å²) in [5, 5.41) is 0. The van der Waals surface area contributed by atoms with Crippen molar-refractivity contribution in [3.63, 3.8) is 0 Å². The molecule has 0 spiro atoms. The average Bonchev–Trinajstić information content (AvgIpc) is 3.84. The number of anilines is 4. The second kappa shape index (κ2) is 14.2. The van der Waals surface area contributed by atoms with E-state index in [2.05, 4.69) is 207 Å². The van der Waals surface area contributed by atoms with Crippen molar-refractivity contribution in [2.75, 3.05) is 9.71 Å². The van der Waals surface area contributed by atoms with Gasteiger partial charge in [0.25, 0.3) is 0 Å². The van der Waals surface area contributed by atoms with Gasteiger partial charge in [0, 0.05) is 50.0 Å². The first-order chi connectivity index (χ1) is 33.9. The lowest BCUT2D eigenvalue weighted by molar-refractivity contribution is 0.199. The smallest absolute Gasteiger partial charge is 0.329 e. The lowest BCUT2D eigenvalue weighted by Crippen LogP contribution is -2.71. The number of nitrogens with zero attached hydrogens (tertiary/aromatic N) is 2. The van der Waals surface area contributed by atoms with Gasteiger partial charge in [-0.25, -0.2) is 0 Å². The molecule has 71 heavy (non-hydrogen) atoms. The van der Waals surface area contributed by atoms with Gasteiger partial charge >= 0.3 is 6.85 Å². The summed E-state index contributed by atoms with van der Waals surface area (Å²) in [4.78, 5) is 5.94. The van der Waals surface area contributed by atoms with Crippen molar-refractivity contribution in [2.24, 2.45) is 0 Å². The van der Waals surface area contributed by atoms with Gasteiger partial charge in [0.1, 0.15) is 0 Å². The fourth-order valence-electron chi connectivity index (χ4n) is 16.5. The van der Waals surface area contributed by atoms with Crippen LogP contribution in [0.4, 0.5) is 22.7 Å². The number of unbranched alkanes of at least 4 members (excludes halogenated alkanes) is 1. The summed E-state index contributed by atoms with van der Waals surface area (Å²) in [6, 6.07) is 48.6. The molecular formula is C68H71BN2. The Balaban J connectivity index is 1.17. The zero-order valence-electron chi connectivity index (χ0n) is 44.4. The lowest BCUT2D eigenvalue weighted by atomic mass is 9.40. The third kappa shape index (κ3) is 5.41. The van der Waals surface area contributed by atoms with Crippen LogP contribution < -0.4 is 20.6 Å². The molecule has 0 bridgehead atoms. The Morgan fingerprint density at radius 3 is 1.90 bits per heavy atom. The van der Waals surface area contributed by atoms with E-state index in [-0.39, 0.29) is 39.5 Å². The van der Waals surface area contributed by atoms with Crippen LogP contribution in [0.3, 0.4) is 0 Å².